The first-order chi connectivity index (χ1) is 11.3. The SMILES string of the molecule is Cc1ccc(CCCCCCCCC(=O)N2CCCCC2)cc1. The Balaban J connectivity index is 1.43. The molecule has 1 heterocycles. The molecule has 0 bridgehead atoms. The Morgan fingerprint density at radius 2 is 1.48 bits per heavy atom. The second kappa shape index (κ2) is 10.5. The fourth-order valence-electron chi connectivity index (χ4n) is 3.37. The number of unbranched alkanes of at least 4 members (excludes halogenated alkanes) is 5. The molecule has 0 saturated carbocycles. The number of rotatable bonds is 9. The fourth-order valence-corrected chi connectivity index (χ4v) is 3.37. The molecule has 1 aliphatic rings. The molecule has 1 aromatic carbocycles. The standard InChI is InChI=1S/C21H33NO/c1-19-13-15-20(16-14-19)11-7-4-2-3-5-8-12-21(23)22-17-9-6-10-18-22/h13-16H,2-12,17-18H2,1H3. The van der Waals surface area contributed by atoms with Crippen LogP contribution in [0.2, 0.25) is 0 Å². The van der Waals surface area contributed by atoms with Crippen molar-refractivity contribution >= 4 is 5.91 Å². The van der Waals surface area contributed by atoms with Crippen LogP contribution in [0.5, 0.6) is 0 Å². The van der Waals surface area contributed by atoms with Gasteiger partial charge in [-0.05, 0) is 51.0 Å². The van der Waals surface area contributed by atoms with Gasteiger partial charge in [0, 0.05) is 19.5 Å². The van der Waals surface area contributed by atoms with E-state index >= 15 is 0 Å². The van der Waals surface area contributed by atoms with Gasteiger partial charge in [0.2, 0.25) is 5.91 Å². The van der Waals surface area contributed by atoms with E-state index in [1.807, 2.05) is 0 Å². The van der Waals surface area contributed by atoms with Crippen LogP contribution in [0.15, 0.2) is 24.3 Å². The van der Waals surface area contributed by atoms with Crippen molar-refractivity contribution in [3.05, 3.63) is 35.4 Å². The molecule has 1 saturated heterocycles. The number of hydrogen-bond donors (Lipinski definition) is 0. The average molecular weight is 316 g/mol. The normalized spacial score (nSPS) is 14.9. The summed E-state index contributed by atoms with van der Waals surface area (Å²) in [5, 5.41) is 0. The summed E-state index contributed by atoms with van der Waals surface area (Å²) in [6.07, 6.45) is 13.1. The zero-order valence-electron chi connectivity index (χ0n) is 14.9. The van der Waals surface area contributed by atoms with Crippen LogP contribution in [-0.2, 0) is 11.2 Å². The van der Waals surface area contributed by atoms with E-state index in [1.165, 1.54) is 68.9 Å². The first-order valence-electron chi connectivity index (χ1n) is 9.59. The van der Waals surface area contributed by atoms with Gasteiger partial charge in [-0.1, -0.05) is 55.5 Å². The molecule has 1 aliphatic heterocycles. The predicted molar refractivity (Wildman–Crippen MR) is 97.6 cm³/mol. The second-order valence-corrected chi connectivity index (χ2v) is 7.05. The molecule has 2 nitrogen and oxygen atoms in total. The molecule has 0 atom stereocenters. The highest BCUT2D eigenvalue weighted by atomic mass is 16.2. The minimum absolute atomic E-state index is 0.393. The summed E-state index contributed by atoms with van der Waals surface area (Å²) in [7, 11) is 0. The van der Waals surface area contributed by atoms with Crippen LogP contribution >= 0.6 is 0 Å². The van der Waals surface area contributed by atoms with Gasteiger partial charge in [-0.25, -0.2) is 0 Å². The Morgan fingerprint density at radius 1 is 0.870 bits per heavy atom. The molecule has 0 N–H and O–H groups in total. The third-order valence-corrected chi connectivity index (χ3v) is 4.94. The van der Waals surface area contributed by atoms with Crippen LogP contribution in [0, 0.1) is 6.92 Å². The highest BCUT2D eigenvalue weighted by Crippen LogP contribution is 2.14. The van der Waals surface area contributed by atoms with Crippen LogP contribution in [-0.4, -0.2) is 23.9 Å². The molecule has 2 heteroatoms. The van der Waals surface area contributed by atoms with Crippen LogP contribution < -0.4 is 0 Å². The van der Waals surface area contributed by atoms with Crippen molar-refractivity contribution in [1.82, 2.24) is 4.90 Å². The van der Waals surface area contributed by atoms with Crippen molar-refractivity contribution in [1.29, 1.82) is 0 Å². The number of piperidine rings is 1. The number of carbonyl (C=O) groups is 1. The van der Waals surface area contributed by atoms with Gasteiger partial charge in [0.1, 0.15) is 0 Å². The Hall–Kier alpha value is -1.31. The maximum Gasteiger partial charge on any atom is 0.222 e. The van der Waals surface area contributed by atoms with Gasteiger partial charge in [0.15, 0.2) is 0 Å². The lowest BCUT2D eigenvalue weighted by molar-refractivity contribution is -0.132. The maximum atomic E-state index is 12.0. The molecule has 1 aromatic rings. The molecule has 128 valence electrons. The monoisotopic (exact) mass is 315 g/mol. The molecule has 0 aliphatic carbocycles. The number of aryl methyl sites for hydroxylation is 2. The number of nitrogens with zero attached hydrogens (tertiary/aromatic N) is 1. The topological polar surface area (TPSA) is 20.3 Å². The van der Waals surface area contributed by atoms with Gasteiger partial charge in [0.05, 0.1) is 0 Å². The summed E-state index contributed by atoms with van der Waals surface area (Å²) < 4.78 is 0. The van der Waals surface area contributed by atoms with Crippen molar-refractivity contribution in [2.45, 2.75) is 77.6 Å². The van der Waals surface area contributed by atoms with E-state index in [1.54, 1.807) is 0 Å². The molecule has 0 unspecified atom stereocenters. The molecule has 1 fully saturated rings. The number of amides is 1. The predicted octanol–water partition coefficient (Wildman–Crippen LogP) is 5.28. The molecule has 1 amide bonds. The second-order valence-electron chi connectivity index (χ2n) is 7.05. The van der Waals surface area contributed by atoms with Crippen molar-refractivity contribution in [2.75, 3.05) is 13.1 Å². The Kier molecular flexibility index (Phi) is 8.20. The first-order valence-corrected chi connectivity index (χ1v) is 9.59. The third-order valence-electron chi connectivity index (χ3n) is 4.94. The minimum atomic E-state index is 0.393. The number of hydrogen-bond acceptors (Lipinski definition) is 1. The van der Waals surface area contributed by atoms with Crippen LogP contribution in [0.1, 0.15) is 75.3 Å². The molecular weight excluding hydrogens is 282 g/mol. The summed E-state index contributed by atoms with van der Waals surface area (Å²) >= 11 is 0. The average Bonchev–Trinajstić information content (AvgIpc) is 2.59. The van der Waals surface area contributed by atoms with Crippen LogP contribution in [0.25, 0.3) is 0 Å². The molecule has 23 heavy (non-hydrogen) atoms. The maximum absolute atomic E-state index is 12.0. The lowest BCUT2D eigenvalue weighted by atomic mass is 10.0. The zero-order valence-corrected chi connectivity index (χ0v) is 14.9. The highest BCUT2D eigenvalue weighted by molar-refractivity contribution is 5.76. The van der Waals surface area contributed by atoms with Gasteiger partial charge in [0.25, 0.3) is 0 Å². The fraction of sp³-hybridized carbons (Fsp3) is 0.667. The van der Waals surface area contributed by atoms with Crippen molar-refractivity contribution < 1.29 is 4.79 Å². The van der Waals surface area contributed by atoms with Crippen molar-refractivity contribution in [3.8, 4) is 0 Å². The highest BCUT2D eigenvalue weighted by Gasteiger charge is 2.15. The Bertz CT molecular complexity index is 445. The third kappa shape index (κ3) is 7.20. The van der Waals surface area contributed by atoms with Gasteiger partial charge < -0.3 is 4.90 Å². The van der Waals surface area contributed by atoms with E-state index in [9.17, 15) is 4.79 Å². The minimum Gasteiger partial charge on any atom is -0.343 e. The Morgan fingerprint density at radius 3 is 2.17 bits per heavy atom. The van der Waals surface area contributed by atoms with E-state index in [0.29, 0.717) is 5.91 Å². The Labute approximate surface area is 142 Å². The number of benzene rings is 1. The van der Waals surface area contributed by atoms with E-state index in [4.69, 9.17) is 0 Å². The molecule has 0 aromatic heterocycles. The summed E-state index contributed by atoms with van der Waals surface area (Å²) in [5.41, 5.74) is 2.80. The number of likely N-dealkylation sites (tertiary alicyclic amines) is 1. The first kappa shape index (κ1) is 18.0. The summed E-state index contributed by atoms with van der Waals surface area (Å²) in [4.78, 5) is 14.1. The largest absolute Gasteiger partial charge is 0.343 e. The van der Waals surface area contributed by atoms with E-state index in [2.05, 4.69) is 36.1 Å². The molecule has 0 radical (unpaired) electrons. The van der Waals surface area contributed by atoms with E-state index in [0.717, 1.165) is 25.9 Å². The van der Waals surface area contributed by atoms with Gasteiger partial charge in [-0.3, -0.25) is 4.79 Å². The molecular formula is C21H33NO. The van der Waals surface area contributed by atoms with Gasteiger partial charge >= 0.3 is 0 Å². The van der Waals surface area contributed by atoms with E-state index in [-0.39, 0.29) is 0 Å². The van der Waals surface area contributed by atoms with E-state index < -0.39 is 0 Å². The zero-order chi connectivity index (χ0) is 16.3. The van der Waals surface area contributed by atoms with Gasteiger partial charge in [-0.15, -0.1) is 0 Å². The summed E-state index contributed by atoms with van der Waals surface area (Å²) in [6, 6.07) is 8.91. The van der Waals surface area contributed by atoms with Crippen LogP contribution in [0.3, 0.4) is 0 Å². The van der Waals surface area contributed by atoms with Crippen LogP contribution in [0.4, 0.5) is 0 Å². The molecule has 2 rings (SSSR count). The number of carbonyl (C=O) groups excluding carboxylic acids is 1. The lowest BCUT2D eigenvalue weighted by Gasteiger charge is -2.26. The summed E-state index contributed by atoms with van der Waals surface area (Å²) in [5.74, 6) is 0.393. The molecule has 0 spiro atoms. The van der Waals surface area contributed by atoms with Crippen molar-refractivity contribution in [3.63, 3.8) is 0 Å². The quantitative estimate of drug-likeness (QED) is 0.568. The smallest absolute Gasteiger partial charge is 0.222 e. The summed E-state index contributed by atoms with van der Waals surface area (Å²) in [6.45, 7) is 4.13. The van der Waals surface area contributed by atoms with Gasteiger partial charge in [-0.2, -0.15) is 0 Å². The lowest BCUT2D eigenvalue weighted by Crippen LogP contribution is -2.35. The van der Waals surface area contributed by atoms with Crippen molar-refractivity contribution in [2.24, 2.45) is 0 Å².